The largest absolute Gasteiger partial charge is 0.339 e. The van der Waals surface area contributed by atoms with Gasteiger partial charge in [-0.25, -0.2) is 4.39 Å². The highest BCUT2D eigenvalue weighted by Gasteiger charge is 2.33. The van der Waals surface area contributed by atoms with Gasteiger partial charge in [-0.15, -0.1) is 0 Å². The number of carbonyl (C=O) groups is 2. The van der Waals surface area contributed by atoms with Gasteiger partial charge in [0, 0.05) is 26.1 Å². The van der Waals surface area contributed by atoms with Crippen LogP contribution >= 0.6 is 0 Å². The minimum atomic E-state index is -0.283. The maximum absolute atomic E-state index is 13.2. The van der Waals surface area contributed by atoms with E-state index in [1.54, 1.807) is 12.1 Å². The van der Waals surface area contributed by atoms with Gasteiger partial charge in [0.15, 0.2) is 0 Å². The highest BCUT2D eigenvalue weighted by molar-refractivity contribution is 5.81. The SMILES string of the molecule is CCN(CC)CC(=O)N1CCC(=O)N(Cc2ccc(F)cc2)[C@H](C(C)C)C1. The molecule has 1 heterocycles. The quantitative estimate of drug-likeness (QED) is 0.734. The van der Waals surface area contributed by atoms with E-state index in [9.17, 15) is 14.0 Å². The standard InChI is InChI=1S/C21H32FN3O2/c1-5-23(6-2)15-21(27)24-12-11-20(26)25(19(14-24)16(3)4)13-17-7-9-18(22)10-8-17/h7-10,16,19H,5-6,11-15H2,1-4H3/t19-/m0/s1. The first-order valence-electron chi connectivity index (χ1n) is 9.89. The van der Waals surface area contributed by atoms with Gasteiger partial charge in [-0.05, 0) is 36.7 Å². The summed E-state index contributed by atoms with van der Waals surface area (Å²) in [4.78, 5) is 31.4. The van der Waals surface area contributed by atoms with E-state index < -0.39 is 0 Å². The van der Waals surface area contributed by atoms with E-state index in [0.29, 0.717) is 32.6 Å². The lowest BCUT2D eigenvalue weighted by molar-refractivity contribution is -0.134. The third kappa shape index (κ3) is 5.76. The average molecular weight is 378 g/mol. The van der Waals surface area contributed by atoms with Crippen molar-refractivity contribution in [3.05, 3.63) is 35.6 Å². The molecule has 1 aliphatic rings. The summed E-state index contributed by atoms with van der Waals surface area (Å²) in [5, 5.41) is 0. The summed E-state index contributed by atoms with van der Waals surface area (Å²) in [6, 6.07) is 6.22. The number of nitrogens with zero attached hydrogens (tertiary/aromatic N) is 3. The minimum Gasteiger partial charge on any atom is -0.339 e. The van der Waals surface area contributed by atoms with E-state index >= 15 is 0 Å². The summed E-state index contributed by atoms with van der Waals surface area (Å²) in [5.41, 5.74) is 0.901. The van der Waals surface area contributed by atoms with Crippen LogP contribution in [0.4, 0.5) is 4.39 Å². The summed E-state index contributed by atoms with van der Waals surface area (Å²) in [7, 11) is 0. The molecular weight excluding hydrogens is 345 g/mol. The first-order chi connectivity index (χ1) is 12.8. The highest BCUT2D eigenvalue weighted by Crippen LogP contribution is 2.21. The molecule has 2 amide bonds. The number of halogens is 1. The van der Waals surface area contributed by atoms with Crippen molar-refractivity contribution in [2.24, 2.45) is 5.92 Å². The van der Waals surface area contributed by atoms with Gasteiger partial charge >= 0.3 is 0 Å². The van der Waals surface area contributed by atoms with E-state index in [2.05, 4.69) is 18.7 Å². The Morgan fingerprint density at radius 1 is 1.22 bits per heavy atom. The van der Waals surface area contributed by atoms with Crippen molar-refractivity contribution < 1.29 is 14.0 Å². The van der Waals surface area contributed by atoms with Crippen molar-refractivity contribution >= 4 is 11.8 Å². The molecule has 0 spiro atoms. The second kappa shape index (κ2) is 9.83. The molecule has 0 saturated carbocycles. The Morgan fingerprint density at radius 3 is 2.41 bits per heavy atom. The topological polar surface area (TPSA) is 43.9 Å². The van der Waals surface area contributed by atoms with Gasteiger partial charge in [-0.1, -0.05) is 39.8 Å². The van der Waals surface area contributed by atoms with Crippen molar-refractivity contribution in [1.82, 2.24) is 14.7 Å². The summed E-state index contributed by atoms with van der Waals surface area (Å²) < 4.78 is 13.2. The molecule has 0 aliphatic carbocycles. The molecule has 5 nitrogen and oxygen atoms in total. The fraction of sp³-hybridized carbons (Fsp3) is 0.619. The summed E-state index contributed by atoms with van der Waals surface area (Å²) in [6.45, 7) is 11.8. The van der Waals surface area contributed by atoms with Crippen LogP contribution in [-0.2, 0) is 16.1 Å². The van der Waals surface area contributed by atoms with E-state index in [1.165, 1.54) is 12.1 Å². The van der Waals surface area contributed by atoms with Gasteiger partial charge in [0.05, 0.1) is 12.6 Å². The summed E-state index contributed by atoms with van der Waals surface area (Å²) in [6.07, 6.45) is 0.328. The van der Waals surface area contributed by atoms with E-state index in [4.69, 9.17) is 0 Å². The Balaban J connectivity index is 2.15. The highest BCUT2D eigenvalue weighted by atomic mass is 19.1. The zero-order valence-corrected chi connectivity index (χ0v) is 16.9. The Morgan fingerprint density at radius 2 is 1.85 bits per heavy atom. The van der Waals surface area contributed by atoms with Crippen LogP contribution in [-0.4, -0.2) is 65.3 Å². The van der Waals surface area contributed by atoms with Gasteiger partial charge in [0.2, 0.25) is 11.8 Å². The van der Waals surface area contributed by atoms with Gasteiger partial charge in [-0.2, -0.15) is 0 Å². The monoisotopic (exact) mass is 377 g/mol. The second-order valence-corrected chi connectivity index (χ2v) is 7.51. The van der Waals surface area contributed by atoms with Gasteiger partial charge in [0.1, 0.15) is 5.82 Å². The fourth-order valence-corrected chi connectivity index (χ4v) is 3.50. The number of rotatable bonds is 7. The summed E-state index contributed by atoms with van der Waals surface area (Å²) in [5.74, 6) is 0.0720. The number of likely N-dealkylation sites (N-methyl/N-ethyl adjacent to an activating group) is 1. The van der Waals surface area contributed by atoms with E-state index in [1.807, 2.05) is 23.6 Å². The van der Waals surface area contributed by atoms with Crippen LogP contribution in [0.15, 0.2) is 24.3 Å². The molecule has 1 aliphatic heterocycles. The zero-order valence-electron chi connectivity index (χ0n) is 16.9. The maximum Gasteiger partial charge on any atom is 0.236 e. The molecule has 0 unspecified atom stereocenters. The maximum atomic E-state index is 13.2. The van der Waals surface area contributed by atoms with Crippen molar-refractivity contribution in [2.45, 2.75) is 46.7 Å². The minimum absolute atomic E-state index is 0.0503. The zero-order chi connectivity index (χ0) is 20.0. The molecule has 0 bridgehead atoms. The number of hydrogen-bond acceptors (Lipinski definition) is 3. The predicted octanol–water partition coefficient (Wildman–Crippen LogP) is 2.75. The number of hydrogen-bond donors (Lipinski definition) is 0. The second-order valence-electron chi connectivity index (χ2n) is 7.51. The van der Waals surface area contributed by atoms with Crippen molar-refractivity contribution in [1.29, 1.82) is 0 Å². The van der Waals surface area contributed by atoms with Crippen LogP contribution in [0, 0.1) is 11.7 Å². The predicted molar refractivity (Wildman–Crippen MR) is 105 cm³/mol. The van der Waals surface area contributed by atoms with Crippen LogP contribution in [0.25, 0.3) is 0 Å². The van der Waals surface area contributed by atoms with Crippen LogP contribution in [0.3, 0.4) is 0 Å². The molecule has 2 rings (SSSR count). The molecule has 1 fully saturated rings. The number of carbonyl (C=O) groups excluding carboxylic acids is 2. The first kappa shape index (κ1) is 21.4. The molecule has 0 N–H and O–H groups in total. The molecule has 1 atom stereocenters. The lowest BCUT2D eigenvalue weighted by Gasteiger charge is -2.35. The van der Waals surface area contributed by atoms with Gasteiger partial charge in [0.25, 0.3) is 0 Å². The van der Waals surface area contributed by atoms with Crippen molar-refractivity contribution in [2.75, 3.05) is 32.7 Å². The number of amides is 2. The van der Waals surface area contributed by atoms with Crippen LogP contribution in [0.1, 0.15) is 39.7 Å². The number of benzene rings is 1. The normalized spacial score (nSPS) is 18.3. The van der Waals surface area contributed by atoms with E-state index in [-0.39, 0.29) is 29.6 Å². The van der Waals surface area contributed by atoms with Gasteiger partial charge in [-0.3, -0.25) is 14.5 Å². The van der Waals surface area contributed by atoms with Crippen LogP contribution < -0.4 is 0 Å². The van der Waals surface area contributed by atoms with Gasteiger partial charge < -0.3 is 9.80 Å². The molecule has 1 aromatic carbocycles. The van der Waals surface area contributed by atoms with Crippen molar-refractivity contribution in [3.8, 4) is 0 Å². The Bertz CT molecular complexity index is 629. The third-order valence-electron chi connectivity index (χ3n) is 5.37. The third-order valence-corrected chi connectivity index (χ3v) is 5.37. The van der Waals surface area contributed by atoms with E-state index in [0.717, 1.165) is 18.7 Å². The lowest BCUT2D eigenvalue weighted by Crippen LogP contribution is -2.48. The fourth-order valence-electron chi connectivity index (χ4n) is 3.50. The molecule has 27 heavy (non-hydrogen) atoms. The van der Waals surface area contributed by atoms with Crippen molar-refractivity contribution in [3.63, 3.8) is 0 Å². The average Bonchev–Trinajstić information content (AvgIpc) is 2.81. The van der Waals surface area contributed by atoms with Crippen LogP contribution in [0.2, 0.25) is 0 Å². The Kier molecular flexibility index (Phi) is 7.78. The first-order valence-corrected chi connectivity index (χ1v) is 9.89. The lowest BCUT2D eigenvalue weighted by atomic mass is 10.0. The molecule has 1 saturated heterocycles. The molecule has 0 aromatic heterocycles. The molecule has 1 aromatic rings. The Labute approximate surface area is 162 Å². The molecule has 6 heteroatoms. The smallest absolute Gasteiger partial charge is 0.236 e. The molecule has 150 valence electrons. The Hall–Kier alpha value is -1.95. The van der Waals surface area contributed by atoms with Crippen LogP contribution in [0.5, 0.6) is 0 Å². The summed E-state index contributed by atoms with van der Waals surface area (Å²) >= 11 is 0. The molecule has 0 radical (unpaired) electrons. The molecular formula is C21H32FN3O2.